The fraction of sp³-hybridized carbons (Fsp3) is 0.415. The van der Waals surface area contributed by atoms with E-state index in [0.717, 1.165) is 24.0 Å². The highest BCUT2D eigenvalue weighted by atomic mass is 16.6. The molecule has 0 bridgehead atoms. The Morgan fingerprint density at radius 3 is 2.26 bits per heavy atom. The van der Waals surface area contributed by atoms with Crippen LogP contribution in [0.25, 0.3) is 49.2 Å². The van der Waals surface area contributed by atoms with Gasteiger partial charge in [-0.15, -0.1) is 0 Å². The van der Waals surface area contributed by atoms with Crippen molar-refractivity contribution in [1.29, 1.82) is 0 Å². The third-order valence-electron chi connectivity index (χ3n) is 11.2. The van der Waals surface area contributed by atoms with Crippen LogP contribution < -0.4 is 20.9 Å². The lowest BCUT2D eigenvalue weighted by Crippen LogP contribution is -2.25. The Hall–Kier alpha value is -5.04. The Kier molecular flexibility index (Phi) is 10.1. The van der Waals surface area contributed by atoms with Gasteiger partial charge in [-0.2, -0.15) is 0 Å². The van der Waals surface area contributed by atoms with Crippen LogP contribution in [-0.4, -0.2) is 61.9 Å². The number of phenols is 1. The molecular weight excluding hydrogens is 682 g/mol. The number of aliphatic hydroxyl groups is 2. The molecule has 0 spiro atoms. The number of methoxy groups -OCH3 is 2. The maximum atomic E-state index is 14.4. The van der Waals surface area contributed by atoms with E-state index in [9.17, 15) is 34.5 Å². The van der Waals surface area contributed by atoms with E-state index in [1.165, 1.54) is 13.2 Å². The molecule has 7 rings (SSSR count). The fourth-order valence-electron chi connectivity index (χ4n) is 8.90. The number of fused-ring (bicyclic) bond motifs is 1. The lowest BCUT2D eigenvalue weighted by molar-refractivity contribution is -0.151. The van der Waals surface area contributed by atoms with Crippen molar-refractivity contribution in [1.82, 2.24) is 0 Å². The van der Waals surface area contributed by atoms with Gasteiger partial charge >= 0.3 is 5.97 Å². The average molecular weight is 726 g/mol. The number of aromatic hydroxyl groups is 1. The molecule has 0 aromatic heterocycles. The van der Waals surface area contributed by atoms with Gasteiger partial charge < -0.3 is 39.6 Å². The smallest absolute Gasteiger partial charge is 0.309 e. The van der Waals surface area contributed by atoms with E-state index in [4.69, 9.17) is 18.9 Å². The summed E-state index contributed by atoms with van der Waals surface area (Å²) < 4.78 is 21.1. The van der Waals surface area contributed by atoms with Crippen LogP contribution in [0.3, 0.4) is 0 Å². The normalized spacial score (nSPS) is 17.1. The quantitative estimate of drug-likeness (QED) is 0.0301. The number of hydrogen-bond donors (Lipinski definition) is 4. The molecule has 5 aromatic rings. The van der Waals surface area contributed by atoms with E-state index in [-0.39, 0.29) is 59.9 Å². The van der Waals surface area contributed by atoms with E-state index >= 15 is 0 Å². The summed E-state index contributed by atoms with van der Waals surface area (Å²) in [6.45, 7) is 1.62. The maximum Gasteiger partial charge on any atom is 0.309 e. The van der Waals surface area contributed by atoms with Gasteiger partial charge in [-0.1, -0.05) is 11.6 Å². The van der Waals surface area contributed by atoms with Gasteiger partial charge in [0.2, 0.25) is 5.43 Å². The monoisotopic (exact) mass is 725 g/mol. The SMILES string of the molecule is COCCOC(=O)C1CCC(CCc2c(O)c3c(=O)cc(CO)c4c5c(CO)cc(NCOC=O)c6c(=O)c(OC)c7c(c(c2C=C(C)C7)c34)c65)CC1. The largest absolute Gasteiger partial charge is 0.507 e. The van der Waals surface area contributed by atoms with Gasteiger partial charge in [0, 0.05) is 34.7 Å². The van der Waals surface area contributed by atoms with E-state index < -0.39 is 24.1 Å². The standard InChI is InChI=1S/C41H43NO11/c1-20-12-26-25(9-6-21-4-7-22(8-5-21)41(49)53-11-10-50-2)38(47)35-29(46)15-24(17-44)31-30-23(16-43)14-28(42-18-52-19-45)34-36(30)33(32(26)37(31)35)27(13-20)40(51-3)39(34)48/h12,14-15,19,21-22,42-44,47H,4-11,13,16-18H2,1-3H3. The lowest BCUT2D eigenvalue weighted by atomic mass is 9.78. The minimum Gasteiger partial charge on any atom is -0.507 e. The van der Waals surface area contributed by atoms with Crippen molar-refractivity contribution in [3.63, 3.8) is 0 Å². The first-order valence-electron chi connectivity index (χ1n) is 18.0. The van der Waals surface area contributed by atoms with Crippen LogP contribution in [-0.2, 0) is 49.9 Å². The molecule has 1 saturated carbocycles. The first-order valence-corrected chi connectivity index (χ1v) is 18.0. The molecule has 0 radical (unpaired) electrons. The highest BCUT2D eigenvalue weighted by Gasteiger charge is 2.33. The zero-order valence-corrected chi connectivity index (χ0v) is 30.1. The fourth-order valence-corrected chi connectivity index (χ4v) is 8.90. The number of carbonyl (C=O) groups is 2. The van der Waals surface area contributed by atoms with Gasteiger partial charge in [0.25, 0.3) is 6.47 Å². The van der Waals surface area contributed by atoms with Crippen molar-refractivity contribution < 1.29 is 43.9 Å². The summed E-state index contributed by atoms with van der Waals surface area (Å²) in [5.41, 5.74) is 3.03. The summed E-state index contributed by atoms with van der Waals surface area (Å²) in [7, 11) is 3.00. The third-order valence-corrected chi connectivity index (χ3v) is 11.2. The summed E-state index contributed by atoms with van der Waals surface area (Å²) in [6, 6.07) is 2.93. The van der Waals surface area contributed by atoms with Gasteiger partial charge in [-0.3, -0.25) is 19.2 Å². The minimum absolute atomic E-state index is 0.113. The van der Waals surface area contributed by atoms with Crippen LogP contribution in [0.1, 0.15) is 66.8 Å². The molecule has 1 fully saturated rings. The van der Waals surface area contributed by atoms with E-state index in [1.54, 1.807) is 13.2 Å². The highest BCUT2D eigenvalue weighted by molar-refractivity contribution is 6.38. The number of phenolic OH excluding ortho intramolecular Hbond substituents is 1. The summed E-state index contributed by atoms with van der Waals surface area (Å²) in [4.78, 5) is 52.1. The van der Waals surface area contributed by atoms with Crippen LogP contribution in [0, 0.1) is 11.8 Å². The number of carbonyl (C=O) groups excluding carboxylic acids is 2. The Balaban J connectivity index is 1.49. The number of esters is 1. The van der Waals surface area contributed by atoms with Crippen molar-refractivity contribution in [2.75, 3.05) is 39.5 Å². The second-order valence-corrected chi connectivity index (χ2v) is 14.2. The number of anilines is 1. The van der Waals surface area contributed by atoms with Crippen molar-refractivity contribution in [3.05, 3.63) is 66.0 Å². The van der Waals surface area contributed by atoms with Gasteiger partial charge in [-0.05, 0) is 108 Å². The average Bonchev–Trinajstić information content (AvgIpc) is 3.30. The predicted octanol–water partition coefficient (Wildman–Crippen LogP) is 5.02. The lowest BCUT2D eigenvalue weighted by Gasteiger charge is -2.28. The second-order valence-electron chi connectivity index (χ2n) is 14.2. The molecule has 0 atom stereocenters. The molecular formula is C41H43NO11. The van der Waals surface area contributed by atoms with Gasteiger partial charge in [0.1, 0.15) is 12.4 Å². The van der Waals surface area contributed by atoms with Crippen molar-refractivity contribution in [2.24, 2.45) is 11.8 Å². The summed E-state index contributed by atoms with van der Waals surface area (Å²) >= 11 is 0. The van der Waals surface area contributed by atoms with Crippen LogP contribution in [0.15, 0.2) is 27.3 Å². The van der Waals surface area contributed by atoms with Gasteiger partial charge in [-0.25, -0.2) is 0 Å². The molecule has 0 amide bonds. The molecule has 0 heterocycles. The third kappa shape index (κ3) is 5.98. The Morgan fingerprint density at radius 1 is 0.906 bits per heavy atom. The molecule has 0 unspecified atom stereocenters. The van der Waals surface area contributed by atoms with Crippen LogP contribution in [0.5, 0.6) is 11.5 Å². The summed E-state index contributed by atoms with van der Waals surface area (Å²) in [6.07, 6.45) is 6.55. The molecule has 2 aliphatic rings. The number of ether oxygens (including phenoxy) is 4. The number of allylic oxidation sites excluding steroid dienone is 1. The molecule has 12 heteroatoms. The molecule has 4 N–H and O–H groups in total. The molecule has 5 aromatic carbocycles. The first kappa shape index (κ1) is 36.3. The Labute approximate surface area is 304 Å². The first-order chi connectivity index (χ1) is 25.7. The molecule has 278 valence electrons. The molecule has 0 aliphatic heterocycles. The molecule has 53 heavy (non-hydrogen) atoms. The van der Waals surface area contributed by atoms with E-state index in [1.807, 2.05) is 13.0 Å². The zero-order chi connectivity index (χ0) is 37.6. The summed E-state index contributed by atoms with van der Waals surface area (Å²) in [5.74, 6) is -0.0789. The minimum atomic E-state index is -0.503. The number of rotatable bonds is 14. The van der Waals surface area contributed by atoms with Gasteiger partial charge in [0.05, 0.1) is 43.6 Å². The molecule has 2 aliphatic carbocycles. The number of nitrogens with one attached hydrogen (secondary N) is 1. The zero-order valence-electron chi connectivity index (χ0n) is 30.1. The number of benzene rings is 5. The Morgan fingerprint density at radius 2 is 1.60 bits per heavy atom. The topological polar surface area (TPSA) is 178 Å². The molecule has 0 saturated heterocycles. The summed E-state index contributed by atoms with van der Waals surface area (Å²) in [5, 5.41) is 40.3. The van der Waals surface area contributed by atoms with Crippen LogP contribution in [0.2, 0.25) is 0 Å². The van der Waals surface area contributed by atoms with Crippen molar-refractivity contribution in [3.8, 4) is 11.5 Å². The van der Waals surface area contributed by atoms with Gasteiger partial charge in [0.15, 0.2) is 17.9 Å². The molecule has 12 nitrogen and oxygen atoms in total. The number of aliphatic hydroxyl groups excluding tert-OH is 2. The van der Waals surface area contributed by atoms with Crippen molar-refractivity contribution in [2.45, 2.75) is 65.1 Å². The highest BCUT2D eigenvalue weighted by Crippen LogP contribution is 2.52. The van der Waals surface area contributed by atoms with Crippen LogP contribution in [0.4, 0.5) is 5.69 Å². The number of hydrogen-bond acceptors (Lipinski definition) is 12. The van der Waals surface area contributed by atoms with Crippen LogP contribution >= 0.6 is 0 Å². The second kappa shape index (κ2) is 14.8. The Bertz CT molecular complexity index is 2390. The van der Waals surface area contributed by atoms with Crippen molar-refractivity contribution >= 4 is 67.3 Å². The maximum absolute atomic E-state index is 14.4. The van der Waals surface area contributed by atoms with E-state index in [0.29, 0.717) is 99.0 Å². The van der Waals surface area contributed by atoms with E-state index in [2.05, 4.69) is 5.32 Å². The predicted molar refractivity (Wildman–Crippen MR) is 201 cm³/mol.